The van der Waals surface area contributed by atoms with Gasteiger partial charge in [0.15, 0.2) is 0 Å². The molecular formula is C17H18BrN. The maximum Gasteiger partial charge on any atom is 0.0487 e. The first-order valence-electron chi connectivity index (χ1n) is 6.82. The van der Waals surface area contributed by atoms with Crippen LogP contribution in [-0.2, 0) is 12.8 Å². The third kappa shape index (κ3) is 2.84. The number of nitrogens with one attached hydrogen (secondary N) is 1. The van der Waals surface area contributed by atoms with Gasteiger partial charge in [-0.05, 0) is 70.9 Å². The molecule has 2 heteroatoms. The highest BCUT2D eigenvalue weighted by molar-refractivity contribution is 9.10. The van der Waals surface area contributed by atoms with E-state index in [0.29, 0.717) is 6.04 Å². The molecule has 3 rings (SSSR count). The van der Waals surface area contributed by atoms with Gasteiger partial charge in [-0.1, -0.05) is 30.3 Å². The molecule has 0 radical (unpaired) electrons. The van der Waals surface area contributed by atoms with Gasteiger partial charge in [0.05, 0.1) is 0 Å². The van der Waals surface area contributed by atoms with Crippen molar-refractivity contribution < 1.29 is 0 Å². The predicted octanol–water partition coefficient (Wildman–Crippen LogP) is 4.73. The summed E-state index contributed by atoms with van der Waals surface area (Å²) in [5, 5.41) is 3.67. The number of hydrogen-bond donors (Lipinski definition) is 1. The Hall–Kier alpha value is -1.28. The molecule has 0 aromatic heterocycles. The average Bonchev–Trinajstić information content (AvgIpc) is 2.42. The molecule has 0 fully saturated rings. The van der Waals surface area contributed by atoms with E-state index in [2.05, 4.69) is 70.6 Å². The Morgan fingerprint density at radius 2 is 1.89 bits per heavy atom. The minimum Gasteiger partial charge on any atom is -0.381 e. The second-order valence-electron chi connectivity index (χ2n) is 5.34. The van der Waals surface area contributed by atoms with E-state index < -0.39 is 0 Å². The molecule has 2 aromatic carbocycles. The van der Waals surface area contributed by atoms with Gasteiger partial charge >= 0.3 is 0 Å². The largest absolute Gasteiger partial charge is 0.381 e. The van der Waals surface area contributed by atoms with E-state index in [9.17, 15) is 0 Å². The van der Waals surface area contributed by atoms with Crippen molar-refractivity contribution in [2.75, 3.05) is 5.32 Å². The van der Waals surface area contributed by atoms with Gasteiger partial charge in [-0.2, -0.15) is 0 Å². The first kappa shape index (κ1) is 12.7. The summed E-state index contributed by atoms with van der Waals surface area (Å²) in [6.45, 7) is 2.12. The Kier molecular flexibility index (Phi) is 3.61. The van der Waals surface area contributed by atoms with Gasteiger partial charge < -0.3 is 5.32 Å². The summed E-state index contributed by atoms with van der Waals surface area (Å²) in [6.07, 6.45) is 3.51. The van der Waals surface area contributed by atoms with Crippen molar-refractivity contribution in [1.29, 1.82) is 0 Å². The topological polar surface area (TPSA) is 12.0 Å². The molecule has 1 N–H and O–H groups in total. The van der Waals surface area contributed by atoms with E-state index in [1.165, 1.54) is 35.2 Å². The molecule has 98 valence electrons. The quantitative estimate of drug-likeness (QED) is 0.845. The number of fused-ring (bicyclic) bond motifs is 1. The van der Waals surface area contributed by atoms with E-state index in [1.54, 1.807) is 0 Å². The number of anilines is 1. The first-order chi connectivity index (χ1) is 9.22. The maximum atomic E-state index is 3.67. The van der Waals surface area contributed by atoms with Gasteiger partial charge in [0.1, 0.15) is 0 Å². The summed E-state index contributed by atoms with van der Waals surface area (Å²) < 4.78 is 1.16. The molecule has 1 unspecified atom stereocenters. The molecule has 0 spiro atoms. The lowest BCUT2D eigenvalue weighted by Gasteiger charge is -2.26. The van der Waals surface area contributed by atoms with E-state index in [0.717, 1.165) is 10.9 Å². The van der Waals surface area contributed by atoms with Gasteiger partial charge in [0.25, 0.3) is 0 Å². The van der Waals surface area contributed by atoms with Crippen molar-refractivity contribution in [3.63, 3.8) is 0 Å². The monoisotopic (exact) mass is 315 g/mol. The number of halogens is 1. The lowest BCUT2D eigenvalue weighted by molar-refractivity contribution is 0.610. The van der Waals surface area contributed by atoms with Crippen LogP contribution in [-0.4, -0.2) is 6.04 Å². The van der Waals surface area contributed by atoms with E-state index >= 15 is 0 Å². The van der Waals surface area contributed by atoms with Crippen molar-refractivity contribution in [2.24, 2.45) is 0 Å². The Bertz CT molecular complexity index is 592. The minimum atomic E-state index is 0.536. The molecule has 0 heterocycles. The molecule has 1 atom stereocenters. The van der Waals surface area contributed by atoms with Crippen LogP contribution in [0.3, 0.4) is 0 Å². The van der Waals surface area contributed by atoms with Crippen LogP contribution >= 0.6 is 15.9 Å². The summed E-state index contributed by atoms with van der Waals surface area (Å²) in [6, 6.07) is 15.8. The Labute approximate surface area is 123 Å². The molecule has 19 heavy (non-hydrogen) atoms. The van der Waals surface area contributed by atoms with Crippen LogP contribution in [0.5, 0.6) is 0 Å². The third-order valence-electron chi connectivity index (χ3n) is 3.83. The Morgan fingerprint density at radius 3 is 2.68 bits per heavy atom. The fourth-order valence-corrected chi connectivity index (χ4v) is 3.39. The molecule has 0 saturated carbocycles. The highest BCUT2D eigenvalue weighted by atomic mass is 79.9. The zero-order valence-electron chi connectivity index (χ0n) is 11.1. The van der Waals surface area contributed by atoms with Crippen molar-refractivity contribution in [3.8, 4) is 0 Å². The van der Waals surface area contributed by atoms with Gasteiger partial charge in [-0.25, -0.2) is 0 Å². The second-order valence-corrected chi connectivity index (χ2v) is 6.19. The number of rotatable bonds is 2. The SMILES string of the molecule is Cc1ccc(NC2CCc3ccccc3C2)c(Br)c1. The van der Waals surface area contributed by atoms with Crippen molar-refractivity contribution in [2.45, 2.75) is 32.2 Å². The molecule has 0 saturated heterocycles. The van der Waals surface area contributed by atoms with Crippen LogP contribution in [0.4, 0.5) is 5.69 Å². The summed E-state index contributed by atoms with van der Waals surface area (Å²) in [4.78, 5) is 0. The average molecular weight is 316 g/mol. The first-order valence-corrected chi connectivity index (χ1v) is 7.61. The molecule has 1 aliphatic rings. The van der Waals surface area contributed by atoms with Crippen LogP contribution in [0, 0.1) is 6.92 Å². The lowest BCUT2D eigenvalue weighted by Crippen LogP contribution is -2.27. The number of hydrogen-bond acceptors (Lipinski definition) is 1. The van der Waals surface area contributed by atoms with Gasteiger partial charge in [0, 0.05) is 16.2 Å². The molecule has 0 bridgehead atoms. The molecule has 1 nitrogen and oxygen atoms in total. The summed E-state index contributed by atoms with van der Waals surface area (Å²) in [7, 11) is 0. The molecular weight excluding hydrogens is 298 g/mol. The number of benzene rings is 2. The Morgan fingerprint density at radius 1 is 1.11 bits per heavy atom. The number of aryl methyl sites for hydroxylation is 2. The minimum absolute atomic E-state index is 0.536. The Balaban J connectivity index is 1.75. The van der Waals surface area contributed by atoms with Crippen LogP contribution in [0.25, 0.3) is 0 Å². The maximum absolute atomic E-state index is 3.67. The molecule has 0 aliphatic heterocycles. The summed E-state index contributed by atoms with van der Waals surface area (Å²) in [5.74, 6) is 0. The summed E-state index contributed by atoms with van der Waals surface area (Å²) >= 11 is 3.64. The van der Waals surface area contributed by atoms with Crippen LogP contribution in [0.1, 0.15) is 23.1 Å². The third-order valence-corrected chi connectivity index (χ3v) is 4.49. The highest BCUT2D eigenvalue weighted by Crippen LogP contribution is 2.28. The molecule has 2 aromatic rings. The highest BCUT2D eigenvalue weighted by Gasteiger charge is 2.18. The smallest absolute Gasteiger partial charge is 0.0487 e. The zero-order valence-corrected chi connectivity index (χ0v) is 12.7. The lowest BCUT2D eigenvalue weighted by atomic mass is 9.88. The van der Waals surface area contributed by atoms with Crippen molar-refractivity contribution in [1.82, 2.24) is 0 Å². The fraction of sp³-hybridized carbons (Fsp3) is 0.294. The standard InChI is InChI=1S/C17H18BrN/c1-12-6-9-17(16(18)10-12)19-15-8-7-13-4-2-3-5-14(13)11-15/h2-6,9-10,15,19H,7-8,11H2,1H3. The van der Waals surface area contributed by atoms with Crippen LogP contribution in [0.15, 0.2) is 46.9 Å². The predicted molar refractivity (Wildman–Crippen MR) is 84.8 cm³/mol. The van der Waals surface area contributed by atoms with E-state index in [4.69, 9.17) is 0 Å². The summed E-state index contributed by atoms with van der Waals surface area (Å²) in [5.41, 5.74) is 5.50. The zero-order chi connectivity index (χ0) is 13.2. The van der Waals surface area contributed by atoms with E-state index in [-0.39, 0.29) is 0 Å². The van der Waals surface area contributed by atoms with Gasteiger partial charge in [-0.15, -0.1) is 0 Å². The second kappa shape index (κ2) is 5.38. The van der Waals surface area contributed by atoms with Crippen molar-refractivity contribution >= 4 is 21.6 Å². The van der Waals surface area contributed by atoms with Crippen molar-refractivity contribution in [3.05, 3.63) is 63.6 Å². The normalized spacial score (nSPS) is 17.9. The van der Waals surface area contributed by atoms with Crippen LogP contribution < -0.4 is 5.32 Å². The fourth-order valence-electron chi connectivity index (χ4n) is 2.78. The molecule has 1 aliphatic carbocycles. The van der Waals surface area contributed by atoms with Gasteiger partial charge in [-0.3, -0.25) is 0 Å². The van der Waals surface area contributed by atoms with E-state index in [1.807, 2.05) is 0 Å². The van der Waals surface area contributed by atoms with Gasteiger partial charge in [0.2, 0.25) is 0 Å². The van der Waals surface area contributed by atoms with Crippen LogP contribution in [0.2, 0.25) is 0 Å². The molecule has 0 amide bonds.